The quantitative estimate of drug-likeness (QED) is 0.487. The second-order valence-corrected chi connectivity index (χ2v) is 11.9. The van der Waals surface area contributed by atoms with Crippen molar-refractivity contribution in [1.82, 2.24) is 14.9 Å². The van der Waals surface area contributed by atoms with E-state index in [1.165, 1.54) is 12.3 Å². The predicted octanol–water partition coefficient (Wildman–Crippen LogP) is 4.11. The Labute approximate surface area is 227 Å². The van der Waals surface area contributed by atoms with Gasteiger partial charge in [0.15, 0.2) is 15.7 Å². The van der Waals surface area contributed by atoms with Gasteiger partial charge in [-0.2, -0.15) is 4.98 Å². The molecule has 38 heavy (non-hydrogen) atoms. The van der Waals surface area contributed by atoms with Gasteiger partial charge in [-0.05, 0) is 43.7 Å². The SMILES string of the molecule is COc1cc(N2CCN(C)CC2)c2cc1Nc1ncc(Cl)c(n1)Nc1ccc(cc1S(C)(=O)=O)OCCC2. The van der Waals surface area contributed by atoms with Gasteiger partial charge in [0.25, 0.3) is 0 Å². The van der Waals surface area contributed by atoms with E-state index in [1.54, 1.807) is 19.2 Å². The van der Waals surface area contributed by atoms with Crippen molar-refractivity contribution in [3.05, 3.63) is 47.1 Å². The zero-order chi connectivity index (χ0) is 26.9. The second-order valence-electron chi connectivity index (χ2n) is 9.49. The number of sulfone groups is 1. The van der Waals surface area contributed by atoms with Gasteiger partial charge in [-0.25, -0.2) is 13.4 Å². The Balaban J connectivity index is 1.58. The number of benzene rings is 2. The Bertz CT molecular complexity index is 1440. The monoisotopic (exact) mass is 558 g/mol. The van der Waals surface area contributed by atoms with Crippen LogP contribution in [-0.4, -0.2) is 76.5 Å². The van der Waals surface area contributed by atoms with Gasteiger partial charge in [-0.1, -0.05) is 11.6 Å². The maximum Gasteiger partial charge on any atom is 0.229 e. The average Bonchev–Trinajstić information content (AvgIpc) is 2.88. The lowest BCUT2D eigenvalue weighted by molar-refractivity contribution is 0.308. The minimum absolute atomic E-state index is 0.0931. The van der Waals surface area contributed by atoms with Gasteiger partial charge < -0.3 is 29.9 Å². The maximum absolute atomic E-state index is 12.6. The van der Waals surface area contributed by atoms with E-state index < -0.39 is 9.84 Å². The molecule has 4 heterocycles. The summed E-state index contributed by atoms with van der Waals surface area (Å²) in [6.45, 7) is 4.24. The number of methoxy groups -OCH3 is 1. The number of fused-ring (bicyclic) bond motifs is 5. The average molecular weight is 559 g/mol. The molecule has 2 N–H and O–H groups in total. The highest BCUT2D eigenvalue weighted by Gasteiger charge is 2.22. The molecule has 1 fully saturated rings. The molecule has 12 heteroatoms. The molecule has 0 saturated carbocycles. The van der Waals surface area contributed by atoms with Gasteiger partial charge >= 0.3 is 0 Å². The molecule has 6 rings (SSSR count). The van der Waals surface area contributed by atoms with Crippen molar-refractivity contribution in [2.75, 3.05) is 68.7 Å². The van der Waals surface area contributed by atoms with Crippen molar-refractivity contribution in [3.8, 4) is 11.5 Å². The van der Waals surface area contributed by atoms with Crippen LogP contribution in [0.5, 0.6) is 11.5 Å². The van der Waals surface area contributed by atoms with E-state index in [2.05, 4.69) is 49.6 Å². The number of nitrogens with zero attached hydrogens (tertiary/aromatic N) is 4. The summed E-state index contributed by atoms with van der Waals surface area (Å²) < 4.78 is 36.9. The molecule has 0 atom stereocenters. The van der Waals surface area contributed by atoms with E-state index in [1.807, 2.05) is 0 Å². The third kappa shape index (κ3) is 5.74. The number of nitrogens with one attached hydrogen (secondary N) is 2. The normalized spacial score (nSPS) is 16.4. The van der Waals surface area contributed by atoms with Crippen LogP contribution in [0.1, 0.15) is 12.0 Å². The number of hydrogen-bond donors (Lipinski definition) is 2. The molecule has 1 saturated heterocycles. The van der Waals surface area contributed by atoms with Crippen LogP contribution in [-0.2, 0) is 16.3 Å². The first-order valence-corrected chi connectivity index (χ1v) is 14.7. The van der Waals surface area contributed by atoms with Crippen molar-refractivity contribution in [3.63, 3.8) is 0 Å². The van der Waals surface area contributed by atoms with E-state index in [0.717, 1.165) is 62.2 Å². The van der Waals surface area contributed by atoms with Crippen LogP contribution in [0.4, 0.5) is 28.8 Å². The van der Waals surface area contributed by atoms with Gasteiger partial charge in [-0.15, -0.1) is 0 Å². The highest BCUT2D eigenvalue weighted by atomic mass is 35.5. The first kappa shape index (κ1) is 26.3. The molecule has 2 aromatic carbocycles. The standard InChI is InChI=1S/C26H31ClN6O4S/c1-32-8-10-33(11-9-32)22-15-23(36-2)21-13-17(22)5-4-12-37-18-6-7-20(24(14-18)38(3,34)35)29-25-19(27)16-28-26(30-21)31-25/h6-7,13-16H,4-5,8-12H2,1-3H3,(H2,28,29,30,31). The number of aryl methyl sites for hydroxylation is 1. The zero-order valence-electron chi connectivity index (χ0n) is 21.6. The third-order valence-corrected chi connectivity index (χ3v) is 8.11. The van der Waals surface area contributed by atoms with Crippen LogP contribution in [0.2, 0.25) is 5.02 Å². The highest BCUT2D eigenvalue weighted by molar-refractivity contribution is 7.90. The number of ether oxygens (including phenoxy) is 2. The van der Waals surface area contributed by atoms with E-state index in [0.29, 0.717) is 29.7 Å². The van der Waals surface area contributed by atoms with Crippen LogP contribution < -0.4 is 25.0 Å². The number of anilines is 5. The largest absolute Gasteiger partial charge is 0.494 e. The van der Waals surface area contributed by atoms with Crippen LogP contribution in [0.3, 0.4) is 0 Å². The minimum atomic E-state index is -3.57. The fourth-order valence-corrected chi connectivity index (χ4v) is 5.63. The second kappa shape index (κ2) is 10.8. The number of halogens is 1. The van der Waals surface area contributed by atoms with Crippen molar-refractivity contribution in [2.45, 2.75) is 17.7 Å². The molecule has 10 nitrogen and oxygen atoms in total. The summed E-state index contributed by atoms with van der Waals surface area (Å²) in [7, 11) is 0.203. The summed E-state index contributed by atoms with van der Waals surface area (Å²) in [4.78, 5) is 13.7. The summed E-state index contributed by atoms with van der Waals surface area (Å²) in [5.74, 6) is 1.71. The van der Waals surface area contributed by atoms with Crippen molar-refractivity contribution < 1.29 is 17.9 Å². The van der Waals surface area contributed by atoms with Crippen LogP contribution >= 0.6 is 11.6 Å². The van der Waals surface area contributed by atoms with Gasteiger partial charge in [-0.3, -0.25) is 0 Å². The Hall–Kier alpha value is -3.28. The molecule has 6 bridgehead atoms. The molecular weight excluding hydrogens is 528 g/mol. The Morgan fingerprint density at radius 1 is 1.08 bits per heavy atom. The lowest BCUT2D eigenvalue weighted by atomic mass is 10.0. The fourth-order valence-electron chi connectivity index (χ4n) is 4.64. The number of hydrogen-bond acceptors (Lipinski definition) is 10. The first-order valence-electron chi connectivity index (χ1n) is 12.4. The van der Waals surface area contributed by atoms with Crippen molar-refractivity contribution in [2.24, 2.45) is 0 Å². The molecule has 0 unspecified atom stereocenters. The highest BCUT2D eigenvalue weighted by Crippen LogP contribution is 2.37. The first-order chi connectivity index (χ1) is 18.2. The topological polar surface area (TPSA) is 109 Å². The van der Waals surface area contributed by atoms with Crippen molar-refractivity contribution in [1.29, 1.82) is 0 Å². The van der Waals surface area contributed by atoms with Crippen LogP contribution in [0.25, 0.3) is 0 Å². The summed E-state index contributed by atoms with van der Waals surface area (Å²) in [6.07, 6.45) is 4.11. The number of aromatic nitrogens is 2. The predicted molar refractivity (Wildman–Crippen MR) is 150 cm³/mol. The Morgan fingerprint density at radius 2 is 1.87 bits per heavy atom. The molecule has 3 aromatic rings. The zero-order valence-corrected chi connectivity index (χ0v) is 23.2. The fraction of sp³-hybridized carbons (Fsp3) is 0.385. The molecule has 0 radical (unpaired) electrons. The molecular formula is C26H31ClN6O4S. The van der Waals surface area contributed by atoms with Crippen LogP contribution in [0, 0.1) is 0 Å². The molecule has 0 amide bonds. The summed E-state index contributed by atoms with van der Waals surface area (Å²) in [5, 5.41) is 6.56. The van der Waals surface area contributed by atoms with Gasteiger partial charge in [0, 0.05) is 50.3 Å². The number of rotatable bonds is 3. The smallest absolute Gasteiger partial charge is 0.229 e. The Kier molecular flexibility index (Phi) is 7.51. The lowest BCUT2D eigenvalue weighted by Gasteiger charge is -2.35. The van der Waals surface area contributed by atoms with E-state index in [4.69, 9.17) is 21.1 Å². The van der Waals surface area contributed by atoms with Gasteiger partial charge in [0.1, 0.15) is 16.5 Å². The molecule has 1 aromatic heterocycles. The minimum Gasteiger partial charge on any atom is -0.494 e. The maximum atomic E-state index is 12.6. The van der Waals surface area contributed by atoms with E-state index >= 15 is 0 Å². The van der Waals surface area contributed by atoms with Gasteiger partial charge in [0.2, 0.25) is 5.95 Å². The summed E-state index contributed by atoms with van der Waals surface area (Å²) in [5.41, 5.74) is 3.34. The van der Waals surface area contributed by atoms with E-state index in [-0.39, 0.29) is 15.7 Å². The van der Waals surface area contributed by atoms with Crippen LogP contribution in [0.15, 0.2) is 41.4 Å². The molecule has 0 spiro atoms. The number of piperazine rings is 1. The molecule has 0 aliphatic carbocycles. The van der Waals surface area contributed by atoms with Crippen molar-refractivity contribution >= 4 is 50.3 Å². The third-order valence-electron chi connectivity index (χ3n) is 6.70. The Morgan fingerprint density at radius 3 is 2.61 bits per heavy atom. The molecule has 202 valence electrons. The van der Waals surface area contributed by atoms with E-state index in [9.17, 15) is 8.42 Å². The number of likely N-dealkylation sites (N-methyl/N-ethyl adjacent to an activating group) is 1. The molecule has 3 aliphatic heterocycles. The summed E-state index contributed by atoms with van der Waals surface area (Å²) >= 11 is 6.38. The summed E-state index contributed by atoms with van der Waals surface area (Å²) in [6, 6.07) is 9.06. The lowest BCUT2D eigenvalue weighted by Crippen LogP contribution is -2.44. The van der Waals surface area contributed by atoms with Gasteiger partial charge in [0.05, 0.1) is 36.2 Å². The molecule has 3 aliphatic rings.